The van der Waals surface area contributed by atoms with Gasteiger partial charge in [-0.3, -0.25) is 0 Å². The van der Waals surface area contributed by atoms with Gasteiger partial charge in [-0.25, -0.2) is 0 Å². The fraction of sp³-hybridized carbons (Fsp3) is 0.571. The summed E-state index contributed by atoms with van der Waals surface area (Å²) in [6.45, 7) is 8.50. The van der Waals surface area contributed by atoms with Crippen LogP contribution >= 0.6 is 0 Å². The first kappa shape index (κ1) is 13.2. The van der Waals surface area contributed by atoms with Crippen LogP contribution in [0.2, 0.25) is 0 Å². The highest BCUT2D eigenvalue weighted by Gasteiger charge is 2.05. The van der Waals surface area contributed by atoms with Gasteiger partial charge in [-0.2, -0.15) is 0 Å². The highest BCUT2D eigenvalue weighted by atomic mass is 16.3. The topological polar surface area (TPSA) is 23.5 Å². The van der Waals surface area contributed by atoms with E-state index in [1.165, 1.54) is 22.3 Å². The minimum Gasteiger partial charge on any atom is -0.395 e. The first-order valence-electron chi connectivity index (χ1n) is 5.90. The summed E-state index contributed by atoms with van der Waals surface area (Å²) in [6.07, 6.45) is 1.06. The van der Waals surface area contributed by atoms with Crippen LogP contribution in [0.3, 0.4) is 0 Å². The molecule has 1 aromatic rings. The Morgan fingerprint density at radius 3 is 2.12 bits per heavy atom. The predicted molar refractivity (Wildman–Crippen MR) is 68.9 cm³/mol. The molecule has 0 spiro atoms. The Labute approximate surface area is 98.9 Å². The fourth-order valence-electron chi connectivity index (χ4n) is 2.19. The molecule has 0 aliphatic rings. The van der Waals surface area contributed by atoms with Crippen molar-refractivity contribution in [3.8, 4) is 0 Å². The number of rotatable bonds is 5. The van der Waals surface area contributed by atoms with Gasteiger partial charge in [0.2, 0.25) is 0 Å². The Kier molecular flexibility index (Phi) is 4.97. The van der Waals surface area contributed by atoms with Gasteiger partial charge in [0.15, 0.2) is 0 Å². The van der Waals surface area contributed by atoms with Crippen LogP contribution in [-0.2, 0) is 6.42 Å². The molecule has 0 amide bonds. The van der Waals surface area contributed by atoms with E-state index in [2.05, 4.69) is 44.9 Å². The Hall–Kier alpha value is -0.860. The van der Waals surface area contributed by atoms with E-state index in [0.29, 0.717) is 0 Å². The zero-order chi connectivity index (χ0) is 12.1. The molecule has 0 aromatic heterocycles. The molecule has 1 N–H and O–H groups in total. The van der Waals surface area contributed by atoms with Crippen LogP contribution in [0.5, 0.6) is 0 Å². The molecule has 0 aliphatic carbocycles. The summed E-state index contributed by atoms with van der Waals surface area (Å²) < 4.78 is 0. The molecule has 0 aliphatic heterocycles. The third kappa shape index (κ3) is 3.62. The SMILES string of the molecule is Cc1cc(C)c(CCN(C)CCO)c(C)c1. The van der Waals surface area contributed by atoms with Gasteiger partial charge in [-0.1, -0.05) is 17.7 Å². The van der Waals surface area contributed by atoms with Crippen LogP contribution in [0.15, 0.2) is 12.1 Å². The first-order valence-corrected chi connectivity index (χ1v) is 5.90. The lowest BCUT2D eigenvalue weighted by Crippen LogP contribution is -2.24. The van der Waals surface area contributed by atoms with Gasteiger partial charge in [0, 0.05) is 13.1 Å². The Morgan fingerprint density at radius 1 is 1.06 bits per heavy atom. The fourth-order valence-corrected chi connectivity index (χ4v) is 2.19. The van der Waals surface area contributed by atoms with E-state index in [0.717, 1.165) is 19.5 Å². The molecule has 16 heavy (non-hydrogen) atoms. The first-order chi connectivity index (χ1) is 7.54. The molecule has 90 valence electrons. The van der Waals surface area contributed by atoms with E-state index in [1.54, 1.807) is 0 Å². The predicted octanol–water partition coefficient (Wildman–Crippen LogP) is 2.08. The third-order valence-electron chi connectivity index (χ3n) is 3.07. The van der Waals surface area contributed by atoms with Crippen LogP contribution in [0.1, 0.15) is 22.3 Å². The van der Waals surface area contributed by atoms with E-state index in [1.807, 2.05) is 0 Å². The standard InChI is InChI=1S/C14H23NO/c1-11-9-12(2)14(13(3)10-11)5-6-15(4)7-8-16/h9-10,16H,5-8H2,1-4H3. The maximum Gasteiger partial charge on any atom is 0.0558 e. The summed E-state index contributed by atoms with van der Waals surface area (Å²) in [4.78, 5) is 2.17. The molecule has 0 saturated heterocycles. The molecule has 2 nitrogen and oxygen atoms in total. The molecule has 0 saturated carbocycles. The largest absolute Gasteiger partial charge is 0.395 e. The van der Waals surface area contributed by atoms with Crippen molar-refractivity contribution >= 4 is 0 Å². The molecular weight excluding hydrogens is 198 g/mol. The van der Waals surface area contributed by atoms with Gasteiger partial charge in [0.1, 0.15) is 0 Å². The van der Waals surface area contributed by atoms with E-state index in [4.69, 9.17) is 5.11 Å². The lowest BCUT2D eigenvalue weighted by Gasteiger charge is -2.17. The monoisotopic (exact) mass is 221 g/mol. The zero-order valence-electron chi connectivity index (χ0n) is 10.9. The van der Waals surface area contributed by atoms with Gasteiger partial charge >= 0.3 is 0 Å². The van der Waals surface area contributed by atoms with Crippen LogP contribution < -0.4 is 0 Å². The lowest BCUT2D eigenvalue weighted by molar-refractivity contribution is 0.223. The van der Waals surface area contributed by atoms with Crippen molar-refractivity contribution in [2.45, 2.75) is 27.2 Å². The average molecular weight is 221 g/mol. The van der Waals surface area contributed by atoms with Gasteiger partial charge < -0.3 is 10.0 Å². The smallest absolute Gasteiger partial charge is 0.0558 e. The average Bonchev–Trinajstić information content (AvgIpc) is 2.16. The van der Waals surface area contributed by atoms with Gasteiger partial charge in [0.25, 0.3) is 0 Å². The van der Waals surface area contributed by atoms with Crippen molar-refractivity contribution < 1.29 is 5.11 Å². The quantitative estimate of drug-likeness (QED) is 0.823. The maximum absolute atomic E-state index is 8.84. The number of nitrogens with zero attached hydrogens (tertiary/aromatic N) is 1. The molecule has 0 bridgehead atoms. The highest BCUT2D eigenvalue weighted by Crippen LogP contribution is 2.17. The molecule has 1 rings (SSSR count). The number of likely N-dealkylation sites (N-methyl/N-ethyl adjacent to an activating group) is 1. The molecule has 1 aromatic carbocycles. The minimum absolute atomic E-state index is 0.238. The summed E-state index contributed by atoms with van der Waals surface area (Å²) >= 11 is 0. The lowest BCUT2D eigenvalue weighted by atomic mass is 9.97. The second kappa shape index (κ2) is 6.02. The zero-order valence-corrected chi connectivity index (χ0v) is 10.9. The second-order valence-corrected chi connectivity index (χ2v) is 4.65. The molecule has 2 heteroatoms. The van der Waals surface area contributed by atoms with Gasteiger partial charge in [-0.15, -0.1) is 0 Å². The van der Waals surface area contributed by atoms with E-state index in [9.17, 15) is 0 Å². The van der Waals surface area contributed by atoms with Crippen molar-refractivity contribution in [3.05, 3.63) is 34.4 Å². The maximum atomic E-state index is 8.84. The third-order valence-corrected chi connectivity index (χ3v) is 3.07. The molecule has 0 heterocycles. The summed E-state index contributed by atoms with van der Waals surface area (Å²) in [6, 6.07) is 4.49. The normalized spacial score (nSPS) is 11.1. The van der Waals surface area contributed by atoms with E-state index in [-0.39, 0.29) is 6.61 Å². The summed E-state index contributed by atoms with van der Waals surface area (Å²) in [5.74, 6) is 0. The van der Waals surface area contributed by atoms with Crippen molar-refractivity contribution in [2.75, 3.05) is 26.7 Å². The number of aliphatic hydroxyl groups is 1. The molecule has 0 radical (unpaired) electrons. The van der Waals surface area contributed by atoms with Gasteiger partial charge in [-0.05, 0) is 50.9 Å². The minimum atomic E-state index is 0.238. The summed E-state index contributed by atoms with van der Waals surface area (Å²) in [5, 5.41) is 8.84. The van der Waals surface area contributed by atoms with Crippen molar-refractivity contribution in [1.82, 2.24) is 4.90 Å². The van der Waals surface area contributed by atoms with E-state index < -0.39 is 0 Å². The molecular formula is C14H23NO. The Balaban J connectivity index is 2.67. The highest BCUT2D eigenvalue weighted by molar-refractivity contribution is 5.37. The van der Waals surface area contributed by atoms with Crippen LogP contribution in [0.25, 0.3) is 0 Å². The van der Waals surface area contributed by atoms with Crippen LogP contribution in [0, 0.1) is 20.8 Å². The molecule has 0 fully saturated rings. The number of aryl methyl sites for hydroxylation is 3. The molecule has 0 atom stereocenters. The summed E-state index contributed by atoms with van der Waals surface area (Å²) in [7, 11) is 2.05. The van der Waals surface area contributed by atoms with Crippen LogP contribution in [0.4, 0.5) is 0 Å². The number of hydrogen-bond donors (Lipinski definition) is 1. The number of benzene rings is 1. The van der Waals surface area contributed by atoms with Crippen molar-refractivity contribution in [2.24, 2.45) is 0 Å². The van der Waals surface area contributed by atoms with Crippen molar-refractivity contribution in [1.29, 1.82) is 0 Å². The van der Waals surface area contributed by atoms with Crippen LogP contribution in [-0.4, -0.2) is 36.8 Å². The second-order valence-electron chi connectivity index (χ2n) is 4.65. The Morgan fingerprint density at radius 2 is 1.62 bits per heavy atom. The Bertz CT molecular complexity index is 324. The van der Waals surface area contributed by atoms with Crippen molar-refractivity contribution in [3.63, 3.8) is 0 Å². The molecule has 0 unspecified atom stereocenters. The van der Waals surface area contributed by atoms with E-state index >= 15 is 0 Å². The van der Waals surface area contributed by atoms with Gasteiger partial charge in [0.05, 0.1) is 6.61 Å². The number of hydrogen-bond acceptors (Lipinski definition) is 2. The number of aliphatic hydroxyl groups excluding tert-OH is 1. The summed E-state index contributed by atoms with van der Waals surface area (Å²) in [5.41, 5.74) is 5.56.